The zero-order valence-corrected chi connectivity index (χ0v) is 19.8. The van der Waals surface area contributed by atoms with Gasteiger partial charge in [-0.15, -0.1) is 0 Å². The first kappa shape index (κ1) is 23.0. The molecule has 5 rings (SSSR count). The Morgan fingerprint density at radius 1 is 1.06 bits per heavy atom. The standard InChI is InChI=1S/C27H23FN4O2S/c1-17-11-13-19(14-12-17)23-15-22(18-7-3-2-4-8-18)31-32(23)27-30-26(34)24(35-27)16-25(33)29-21-10-6-5-9-20(21)28/h2-14,23-24H,15-16H2,1H3,(H,29,33)/t23-,24-/m0/s1. The van der Waals surface area contributed by atoms with E-state index in [1.807, 2.05) is 37.3 Å². The first-order valence-corrected chi connectivity index (χ1v) is 12.2. The third-order valence-corrected chi connectivity index (χ3v) is 7.07. The van der Waals surface area contributed by atoms with E-state index in [1.54, 1.807) is 17.1 Å². The minimum Gasteiger partial charge on any atom is -0.324 e. The molecule has 0 saturated carbocycles. The van der Waals surface area contributed by atoms with Crippen molar-refractivity contribution >= 4 is 40.1 Å². The Bertz CT molecular complexity index is 1320. The molecular weight excluding hydrogens is 463 g/mol. The second-order valence-corrected chi connectivity index (χ2v) is 9.63. The molecule has 0 saturated heterocycles. The van der Waals surface area contributed by atoms with E-state index in [-0.39, 0.29) is 24.1 Å². The van der Waals surface area contributed by atoms with Gasteiger partial charge in [0.2, 0.25) is 5.91 Å². The van der Waals surface area contributed by atoms with Crippen LogP contribution in [-0.2, 0) is 9.59 Å². The summed E-state index contributed by atoms with van der Waals surface area (Å²) in [5, 5.41) is 8.96. The monoisotopic (exact) mass is 486 g/mol. The molecule has 3 aromatic rings. The molecule has 1 N–H and O–H groups in total. The highest BCUT2D eigenvalue weighted by Gasteiger charge is 2.39. The van der Waals surface area contributed by atoms with Gasteiger partial charge in [0.05, 0.1) is 17.4 Å². The normalized spacial score (nSPS) is 19.5. The predicted molar refractivity (Wildman–Crippen MR) is 137 cm³/mol. The molecule has 2 aliphatic rings. The van der Waals surface area contributed by atoms with Crippen LogP contribution in [0.3, 0.4) is 0 Å². The lowest BCUT2D eigenvalue weighted by molar-refractivity contribution is -0.121. The Balaban J connectivity index is 1.35. The number of nitrogens with zero attached hydrogens (tertiary/aromatic N) is 3. The number of aliphatic imine (C=N–C) groups is 1. The van der Waals surface area contributed by atoms with E-state index in [1.165, 1.54) is 23.9 Å². The molecule has 2 aliphatic heterocycles. The third kappa shape index (κ3) is 5.02. The number of amides is 2. The number of amidine groups is 1. The summed E-state index contributed by atoms with van der Waals surface area (Å²) in [7, 11) is 0. The third-order valence-electron chi connectivity index (χ3n) is 5.92. The fraction of sp³-hybridized carbons (Fsp3) is 0.185. The van der Waals surface area contributed by atoms with Crippen molar-refractivity contribution in [3.05, 3.63) is 101 Å². The number of rotatable bonds is 5. The fourth-order valence-electron chi connectivity index (χ4n) is 4.08. The van der Waals surface area contributed by atoms with Crippen molar-refractivity contribution in [2.75, 3.05) is 5.32 Å². The molecule has 2 atom stereocenters. The van der Waals surface area contributed by atoms with E-state index in [0.717, 1.165) is 22.4 Å². The highest BCUT2D eigenvalue weighted by molar-refractivity contribution is 8.15. The molecule has 0 spiro atoms. The highest BCUT2D eigenvalue weighted by Crippen LogP contribution is 2.38. The molecule has 6 nitrogen and oxygen atoms in total. The van der Waals surface area contributed by atoms with E-state index in [9.17, 15) is 14.0 Å². The van der Waals surface area contributed by atoms with Crippen LogP contribution in [0.15, 0.2) is 89.0 Å². The van der Waals surface area contributed by atoms with Gasteiger partial charge < -0.3 is 5.32 Å². The van der Waals surface area contributed by atoms with Gasteiger partial charge in [-0.05, 0) is 30.2 Å². The lowest BCUT2D eigenvalue weighted by Crippen LogP contribution is -2.25. The van der Waals surface area contributed by atoms with Gasteiger partial charge in [0.25, 0.3) is 5.91 Å². The molecule has 3 aromatic carbocycles. The summed E-state index contributed by atoms with van der Waals surface area (Å²) >= 11 is 1.22. The van der Waals surface area contributed by atoms with E-state index >= 15 is 0 Å². The number of hydrogen-bond donors (Lipinski definition) is 1. The van der Waals surface area contributed by atoms with Gasteiger partial charge >= 0.3 is 0 Å². The maximum Gasteiger partial charge on any atom is 0.262 e. The SMILES string of the molecule is Cc1ccc([C@@H]2CC(c3ccccc3)=NN2C2=NC(=O)[C@H](CC(=O)Nc3ccccc3F)S2)cc1. The van der Waals surface area contributed by atoms with Gasteiger partial charge in [-0.1, -0.05) is 84.1 Å². The van der Waals surface area contributed by atoms with Gasteiger partial charge in [-0.25, -0.2) is 9.40 Å². The maximum atomic E-state index is 13.9. The number of thioether (sulfide) groups is 1. The number of para-hydroxylation sites is 1. The molecular formula is C27H23FN4O2S. The Morgan fingerprint density at radius 3 is 2.51 bits per heavy atom. The first-order chi connectivity index (χ1) is 17.0. The highest BCUT2D eigenvalue weighted by atomic mass is 32.2. The van der Waals surface area contributed by atoms with Crippen molar-refractivity contribution in [2.24, 2.45) is 10.1 Å². The largest absolute Gasteiger partial charge is 0.324 e. The summed E-state index contributed by atoms with van der Waals surface area (Å²) in [6.45, 7) is 2.04. The van der Waals surface area contributed by atoms with Crippen LogP contribution in [0.5, 0.6) is 0 Å². The summed E-state index contributed by atoms with van der Waals surface area (Å²) in [4.78, 5) is 29.5. The minimum atomic E-state index is -0.689. The molecule has 35 heavy (non-hydrogen) atoms. The van der Waals surface area contributed by atoms with Crippen molar-refractivity contribution in [2.45, 2.75) is 31.1 Å². The number of benzene rings is 3. The average molecular weight is 487 g/mol. The summed E-state index contributed by atoms with van der Waals surface area (Å²) in [6.07, 6.45) is 0.558. The van der Waals surface area contributed by atoms with Crippen LogP contribution in [0.4, 0.5) is 10.1 Å². The van der Waals surface area contributed by atoms with Crippen LogP contribution in [-0.4, -0.2) is 33.0 Å². The van der Waals surface area contributed by atoms with Crippen LogP contribution < -0.4 is 5.32 Å². The number of hydrogen-bond acceptors (Lipinski definition) is 5. The summed E-state index contributed by atoms with van der Waals surface area (Å²) in [6, 6.07) is 24.0. The van der Waals surface area contributed by atoms with E-state index in [0.29, 0.717) is 11.6 Å². The lowest BCUT2D eigenvalue weighted by atomic mass is 9.98. The average Bonchev–Trinajstić information content (AvgIpc) is 3.46. The van der Waals surface area contributed by atoms with Crippen LogP contribution in [0.2, 0.25) is 0 Å². The van der Waals surface area contributed by atoms with Gasteiger partial charge in [0.15, 0.2) is 5.17 Å². The topological polar surface area (TPSA) is 74.1 Å². The summed E-state index contributed by atoms with van der Waals surface area (Å²) in [5.74, 6) is -1.36. The summed E-state index contributed by atoms with van der Waals surface area (Å²) < 4.78 is 13.9. The van der Waals surface area contributed by atoms with Crippen molar-refractivity contribution in [3.63, 3.8) is 0 Å². The molecule has 0 unspecified atom stereocenters. The quantitative estimate of drug-likeness (QED) is 0.530. The summed E-state index contributed by atoms with van der Waals surface area (Å²) in [5.41, 5.74) is 4.24. The zero-order chi connectivity index (χ0) is 24.4. The zero-order valence-electron chi connectivity index (χ0n) is 19.0. The smallest absolute Gasteiger partial charge is 0.262 e. The van der Waals surface area contributed by atoms with Gasteiger partial charge in [0.1, 0.15) is 11.1 Å². The van der Waals surface area contributed by atoms with Crippen LogP contribution in [0.25, 0.3) is 0 Å². The predicted octanol–water partition coefficient (Wildman–Crippen LogP) is 5.31. The number of hydrazone groups is 1. The molecule has 0 fully saturated rings. The van der Waals surface area contributed by atoms with Crippen molar-refractivity contribution in [3.8, 4) is 0 Å². The first-order valence-electron chi connectivity index (χ1n) is 11.3. The number of aryl methyl sites for hydroxylation is 1. The minimum absolute atomic E-state index is 0.0881. The second kappa shape index (κ2) is 9.84. The molecule has 8 heteroatoms. The van der Waals surface area contributed by atoms with Crippen LogP contribution >= 0.6 is 11.8 Å². The van der Waals surface area contributed by atoms with E-state index < -0.39 is 17.0 Å². The van der Waals surface area contributed by atoms with Crippen molar-refractivity contribution < 1.29 is 14.0 Å². The molecule has 2 amide bonds. The van der Waals surface area contributed by atoms with E-state index in [2.05, 4.69) is 34.6 Å². The fourth-order valence-corrected chi connectivity index (χ4v) is 5.14. The van der Waals surface area contributed by atoms with Crippen molar-refractivity contribution in [1.82, 2.24) is 5.01 Å². The Labute approximate surface area is 207 Å². The number of anilines is 1. The van der Waals surface area contributed by atoms with Gasteiger partial charge in [0, 0.05) is 12.8 Å². The molecule has 0 radical (unpaired) electrons. The Hall–Kier alpha value is -3.78. The van der Waals surface area contributed by atoms with E-state index in [4.69, 9.17) is 5.10 Å². The van der Waals surface area contributed by atoms with Crippen LogP contribution in [0.1, 0.15) is 35.6 Å². The lowest BCUT2D eigenvalue weighted by Gasteiger charge is -2.23. The number of carbonyl (C=O) groups excluding carboxylic acids is 2. The molecule has 0 bridgehead atoms. The number of nitrogens with one attached hydrogen (secondary N) is 1. The van der Waals surface area contributed by atoms with Crippen LogP contribution in [0, 0.1) is 12.7 Å². The van der Waals surface area contributed by atoms with Gasteiger partial charge in [-0.3, -0.25) is 9.59 Å². The molecule has 0 aromatic heterocycles. The molecule has 176 valence electrons. The molecule has 2 heterocycles. The molecule has 0 aliphatic carbocycles. The number of carbonyl (C=O) groups is 2. The second-order valence-electron chi connectivity index (χ2n) is 8.46. The van der Waals surface area contributed by atoms with Crippen molar-refractivity contribution in [1.29, 1.82) is 0 Å². The number of halogens is 1. The Kier molecular flexibility index (Phi) is 6.46. The Morgan fingerprint density at radius 2 is 1.77 bits per heavy atom. The maximum absolute atomic E-state index is 13.9. The van der Waals surface area contributed by atoms with Gasteiger partial charge in [-0.2, -0.15) is 10.1 Å².